The summed E-state index contributed by atoms with van der Waals surface area (Å²) < 4.78 is 7.08. The number of pyridine rings is 1. The minimum absolute atomic E-state index is 0.0351. The van der Waals surface area contributed by atoms with Gasteiger partial charge in [0.25, 0.3) is 5.69 Å². The van der Waals surface area contributed by atoms with Gasteiger partial charge in [-0.3, -0.25) is 14.9 Å². The van der Waals surface area contributed by atoms with Gasteiger partial charge in [0.05, 0.1) is 20.9 Å². The van der Waals surface area contributed by atoms with E-state index in [1.807, 2.05) is 4.90 Å². The van der Waals surface area contributed by atoms with Gasteiger partial charge in [-0.1, -0.05) is 0 Å². The molecule has 2 aromatic rings. The molecular formula is C22H24N4O7S. The van der Waals surface area contributed by atoms with E-state index in [9.17, 15) is 29.6 Å². The molecule has 0 radical (unpaired) electrons. The van der Waals surface area contributed by atoms with Gasteiger partial charge >= 0.3 is 12.1 Å². The molecule has 1 aliphatic carbocycles. The van der Waals surface area contributed by atoms with E-state index in [-0.39, 0.29) is 34.5 Å². The molecule has 2 N–H and O–H groups in total. The molecule has 0 bridgehead atoms. The lowest BCUT2D eigenvalue weighted by Crippen LogP contribution is -2.38. The minimum Gasteiger partial charge on any atom is -0.477 e. The quantitative estimate of drug-likeness (QED) is 0.490. The number of carbonyl (C=O) groups excluding carboxylic acids is 1. The van der Waals surface area contributed by atoms with Crippen molar-refractivity contribution in [2.75, 3.05) is 23.7 Å². The van der Waals surface area contributed by atoms with Gasteiger partial charge in [-0.2, -0.15) is 0 Å². The predicted molar refractivity (Wildman–Crippen MR) is 125 cm³/mol. The maximum atomic E-state index is 12.9. The van der Waals surface area contributed by atoms with Crippen molar-refractivity contribution in [3.8, 4) is 0 Å². The van der Waals surface area contributed by atoms with Gasteiger partial charge in [0, 0.05) is 49.3 Å². The lowest BCUT2D eigenvalue weighted by molar-refractivity contribution is -0.384. The van der Waals surface area contributed by atoms with Gasteiger partial charge in [-0.05, 0) is 26.8 Å². The largest absolute Gasteiger partial charge is 0.477 e. The van der Waals surface area contributed by atoms with Gasteiger partial charge in [-0.25, -0.2) is 9.59 Å². The molecule has 34 heavy (non-hydrogen) atoms. The number of hydrogen-bond acceptors (Lipinski definition) is 8. The number of aromatic carboxylic acids is 1. The van der Waals surface area contributed by atoms with Crippen molar-refractivity contribution in [1.29, 1.82) is 0 Å². The predicted octanol–water partition coefficient (Wildman–Crippen LogP) is 2.67. The van der Waals surface area contributed by atoms with Crippen LogP contribution in [0.5, 0.6) is 0 Å². The van der Waals surface area contributed by atoms with Gasteiger partial charge in [0.15, 0.2) is 0 Å². The third kappa shape index (κ3) is 3.65. The summed E-state index contributed by atoms with van der Waals surface area (Å²) >= 11 is 1.30. The maximum Gasteiger partial charge on any atom is 0.407 e. The molecule has 1 aromatic carbocycles. The van der Waals surface area contributed by atoms with Crippen molar-refractivity contribution in [2.45, 2.75) is 44.0 Å². The molecule has 1 aromatic heterocycles. The Balaban J connectivity index is 1.47. The molecule has 1 amide bonds. The number of nitrogens with one attached hydrogen (secondary N) is 1. The fourth-order valence-corrected chi connectivity index (χ4v) is 6.16. The van der Waals surface area contributed by atoms with E-state index < -0.39 is 28.0 Å². The summed E-state index contributed by atoms with van der Waals surface area (Å²) in [6.07, 6.45) is -0.475. The van der Waals surface area contributed by atoms with Crippen molar-refractivity contribution in [2.24, 2.45) is 11.8 Å². The van der Waals surface area contributed by atoms with Crippen LogP contribution in [0.25, 0.3) is 10.9 Å². The molecule has 3 heterocycles. The Morgan fingerprint density at radius 1 is 1.26 bits per heavy atom. The molecule has 2 fully saturated rings. The number of piperidine rings is 1. The first-order valence-corrected chi connectivity index (χ1v) is 11.9. The smallest absolute Gasteiger partial charge is 0.407 e. The highest BCUT2D eigenvalue weighted by atomic mass is 32.2. The molecular weight excluding hydrogens is 464 g/mol. The summed E-state index contributed by atoms with van der Waals surface area (Å²) in [5.41, 5.74) is -0.970. The van der Waals surface area contributed by atoms with Gasteiger partial charge in [-0.15, -0.1) is 11.8 Å². The summed E-state index contributed by atoms with van der Waals surface area (Å²) in [6, 6.07) is 2.81. The first kappa shape index (κ1) is 22.5. The average molecular weight is 489 g/mol. The Kier molecular flexibility index (Phi) is 5.04. The van der Waals surface area contributed by atoms with Crippen LogP contribution in [0.2, 0.25) is 0 Å². The van der Waals surface area contributed by atoms with Crippen LogP contribution in [-0.4, -0.2) is 57.1 Å². The van der Waals surface area contributed by atoms with Crippen LogP contribution >= 0.6 is 11.8 Å². The van der Waals surface area contributed by atoms with E-state index >= 15 is 0 Å². The first-order valence-electron chi connectivity index (χ1n) is 11.0. The number of benzene rings is 1. The summed E-state index contributed by atoms with van der Waals surface area (Å²) in [4.78, 5) is 50.0. The number of rotatable bonds is 4. The number of carboxylic acid groups (broad SMARTS) is 1. The SMILES string of the molecule is CC(C)(C)OC(=O)NC1C2CN(c3cc4c(cc3[N+](=O)[O-])c(=O)c(C(=O)O)c3n4CCS3)CC21. The van der Waals surface area contributed by atoms with Crippen LogP contribution in [0.3, 0.4) is 0 Å². The third-order valence-electron chi connectivity index (χ3n) is 6.50. The maximum absolute atomic E-state index is 12.9. The zero-order chi connectivity index (χ0) is 24.5. The van der Waals surface area contributed by atoms with Gasteiger partial charge in [0.1, 0.15) is 16.9 Å². The fraction of sp³-hybridized carbons (Fsp3) is 0.500. The van der Waals surface area contributed by atoms with E-state index in [1.165, 1.54) is 17.8 Å². The highest BCUT2D eigenvalue weighted by Gasteiger charge is 2.57. The topological polar surface area (TPSA) is 144 Å². The Morgan fingerprint density at radius 3 is 2.53 bits per heavy atom. The van der Waals surface area contributed by atoms with Crippen LogP contribution in [0.15, 0.2) is 22.0 Å². The Bertz CT molecular complexity index is 1300. The van der Waals surface area contributed by atoms with E-state index in [0.717, 1.165) is 0 Å². The third-order valence-corrected chi connectivity index (χ3v) is 7.58. The number of nitrogens with zero attached hydrogens (tertiary/aromatic N) is 3. The standard InChI is InChI=1S/C22H24N4O7S/c1-22(2,3)33-21(30)23-17-11-8-24(9-12(11)17)14-7-13-10(6-15(14)26(31)32)18(27)16(20(28)29)19-25(13)4-5-34-19/h6-7,11-12,17H,4-5,8-9H2,1-3H3,(H,23,30)(H,28,29). The van der Waals surface area contributed by atoms with Crippen LogP contribution in [0.4, 0.5) is 16.2 Å². The number of fused-ring (bicyclic) bond motifs is 4. The number of anilines is 1. The molecule has 5 rings (SSSR count). The molecule has 11 nitrogen and oxygen atoms in total. The number of alkyl carbamates (subject to hydrolysis) is 1. The van der Waals surface area contributed by atoms with Crippen molar-refractivity contribution in [3.05, 3.63) is 38.0 Å². The number of nitro benzene ring substituents is 1. The van der Waals surface area contributed by atoms with Crippen LogP contribution in [0.1, 0.15) is 31.1 Å². The van der Waals surface area contributed by atoms with Gasteiger partial charge < -0.3 is 24.6 Å². The molecule has 2 atom stereocenters. The normalized spacial score (nSPS) is 22.9. The number of amides is 1. The number of aromatic nitrogens is 1. The fourth-order valence-electron chi connectivity index (χ4n) is 5.02. The average Bonchev–Trinajstić information content (AvgIpc) is 3.12. The van der Waals surface area contributed by atoms with Gasteiger partial charge in [0.2, 0.25) is 5.43 Å². The van der Waals surface area contributed by atoms with Crippen LogP contribution in [0, 0.1) is 22.0 Å². The summed E-state index contributed by atoms with van der Waals surface area (Å²) in [5.74, 6) is -0.404. The molecule has 2 aliphatic heterocycles. The van der Waals surface area contributed by atoms with Crippen molar-refractivity contribution in [1.82, 2.24) is 9.88 Å². The Labute approximate surface area is 198 Å². The summed E-state index contributed by atoms with van der Waals surface area (Å²) in [7, 11) is 0. The molecule has 0 spiro atoms. The number of carbonyl (C=O) groups is 2. The summed E-state index contributed by atoms with van der Waals surface area (Å²) in [5, 5.41) is 24.8. The number of aryl methyl sites for hydroxylation is 1. The van der Waals surface area contributed by atoms with Crippen molar-refractivity contribution in [3.63, 3.8) is 0 Å². The highest BCUT2D eigenvalue weighted by Crippen LogP contribution is 2.49. The van der Waals surface area contributed by atoms with E-state index in [0.29, 0.717) is 41.6 Å². The molecule has 3 aliphatic rings. The van der Waals surface area contributed by atoms with E-state index in [4.69, 9.17) is 4.74 Å². The molecule has 12 heteroatoms. The first-order chi connectivity index (χ1) is 16.0. The monoisotopic (exact) mass is 488 g/mol. The lowest BCUT2D eigenvalue weighted by Gasteiger charge is -2.24. The second-order valence-electron chi connectivity index (χ2n) is 9.83. The molecule has 2 unspecified atom stereocenters. The van der Waals surface area contributed by atoms with Crippen LogP contribution < -0.4 is 15.6 Å². The minimum atomic E-state index is -1.33. The van der Waals surface area contributed by atoms with E-state index in [2.05, 4.69) is 5.32 Å². The number of thioether (sulfide) groups is 1. The number of ether oxygens (including phenoxy) is 1. The Hall–Kier alpha value is -3.28. The van der Waals surface area contributed by atoms with Crippen LogP contribution in [-0.2, 0) is 11.3 Å². The molecule has 1 saturated carbocycles. The molecule has 1 saturated heterocycles. The second-order valence-corrected chi connectivity index (χ2v) is 10.9. The highest BCUT2D eigenvalue weighted by molar-refractivity contribution is 7.99. The van der Waals surface area contributed by atoms with E-state index in [1.54, 1.807) is 31.4 Å². The number of carboxylic acids is 1. The van der Waals surface area contributed by atoms with Crippen molar-refractivity contribution >= 4 is 46.1 Å². The zero-order valence-corrected chi connectivity index (χ0v) is 19.7. The summed E-state index contributed by atoms with van der Waals surface area (Å²) in [6.45, 7) is 6.94. The lowest BCUT2D eigenvalue weighted by atomic mass is 10.1. The number of nitro groups is 1. The zero-order valence-electron chi connectivity index (χ0n) is 18.9. The molecule has 180 valence electrons. The second kappa shape index (κ2) is 7.62. The number of hydrogen-bond donors (Lipinski definition) is 2. The van der Waals surface area contributed by atoms with Crippen molar-refractivity contribution < 1.29 is 24.4 Å². The Morgan fingerprint density at radius 2 is 1.94 bits per heavy atom.